The van der Waals surface area contributed by atoms with E-state index in [1.807, 2.05) is 0 Å². The van der Waals surface area contributed by atoms with E-state index in [0.717, 1.165) is 25.7 Å². The van der Waals surface area contributed by atoms with Gasteiger partial charge in [-0.2, -0.15) is 0 Å². The van der Waals surface area contributed by atoms with Gasteiger partial charge in [-0.3, -0.25) is 0 Å². The summed E-state index contributed by atoms with van der Waals surface area (Å²) in [4.78, 5) is 0. The Kier molecular flexibility index (Phi) is 11.6. The van der Waals surface area contributed by atoms with Crippen molar-refractivity contribution < 1.29 is 0 Å². The summed E-state index contributed by atoms with van der Waals surface area (Å²) in [5.41, 5.74) is 5.02. The third-order valence-electron chi connectivity index (χ3n) is 7.64. The molecule has 0 aliphatic rings. The molecule has 1 unspecified atom stereocenters. The summed E-state index contributed by atoms with van der Waals surface area (Å²) in [6, 6.07) is 34.0. The van der Waals surface area contributed by atoms with E-state index in [1.165, 1.54) is 45.5 Å². The molecule has 37 heavy (non-hydrogen) atoms. The van der Waals surface area contributed by atoms with Crippen molar-refractivity contribution in [3.63, 3.8) is 0 Å². The van der Waals surface area contributed by atoms with Crippen LogP contribution in [-0.4, -0.2) is 5.66 Å². The van der Waals surface area contributed by atoms with E-state index in [9.17, 15) is 0 Å². The molecular formula is C36H47P. The molecule has 1 atom stereocenters. The van der Waals surface area contributed by atoms with Gasteiger partial charge in [-0.05, 0) is 13.8 Å². The average molecular weight is 511 g/mol. The summed E-state index contributed by atoms with van der Waals surface area (Å²) in [5.74, 6) is 0. The Bertz CT molecular complexity index is 1050. The summed E-state index contributed by atoms with van der Waals surface area (Å²) in [6.07, 6.45) is 14.3. The fraction of sp³-hybridized carbons (Fsp3) is 0.333. The van der Waals surface area contributed by atoms with Gasteiger partial charge in [0.2, 0.25) is 0 Å². The Morgan fingerprint density at radius 1 is 0.568 bits per heavy atom. The summed E-state index contributed by atoms with van der Waals surface area (Å²) in [6.45, 7) is 11.5. The Labute approximate surface area is 227 Å². The van der Waals surface area contributed by atoms with Gasteiger partial charge in [0.25, 0.3) is 0 Å². The van der Waals surface area contributed by atoms with E-state index in [2.05, 4.69) is 144 Å². The zero-order chi connectivity index (χ0) is 26.5. The van der Waals surface area contributed by atoms with E-state index in [1.54, 1.807) is 0 Å². The van der Waals surface area contributed by atoms with E-state index >= 15 is 0 Å². The van der Waals surface area contributed by atoms with E-state index in [0.29, 0.717) is 5.66 Å². The van der Waals surface area contributed by atoms with Crippen LogP contribution in [0, 0.1) is 0 Å². The molecule has 0 bridgehead atoms. The van der Waals surface area contributed by atoms with Crippen LogP contribution in [0.25, 0.3) is 0 Å². The minimum absolute atomic E-state index is 0.570. The Morgan fingerprint density at radius 2 is 0.946 bits per heavy atom. The first-order valence-electron chi connectivity index (χ1n) is 14.1. The van der Waals surface area contributed by atoms with Gasteiger partial charge in [0.1, 0.15) is 0 Å². The number of hydrogen-bond donors (Lipinski definition) is 0. The van der Waals surface area contributed by atoms with Crippen molar-refractivity contribution in [1.29, 1.82) is 0 Å². The van der Waals surface area contributed by atoms with Crippen molar-refractivity contribution in [2.45, 2.75) is 78.8 Å². The molecule has 0 N–H and O–H groups in total. The van der Waals surface area contributed by atoms with Crippen LogP contribution in [0.5, 0.6) is 0 Å². The van der Waals surface area contributed by atoms with Gasteiger partial charge < -0.3 is 0 Å². The summed E-state index contributed by atoms with van der Waals surface area (Å²) in [7, 11) is -2.20. The van der Waals surface area contributed by atoms with Crippen molar-refractivity contribution in [3.05, 3.63) is 126 Å². The molecule has 196 valence electrons. The first-order chi connectivity index (χ1) is 17.9. The normalized spacial score (nSPS) is 13.8. The molecule has 0 fully saturated rings. The molecule has 0 radical (unpaired) electrons. The zero-order valence-corrected chi connectivity index (χ0v) is 24.7. The molecule has 0 saturated carbocycles. The van der Waals surface area contributed by atoms with Crippen LogP contribution >= 0.6 is 7.26 Å². The quantitative estimate of drug-likeness (QED) is 0.159. The van der Waals surface area contributed by atoms with Crippen LogP contribution in [0.1, 0.15) is 73.1 Å². The van der Waals surface area contributed by atoms with Crippen LogP contribution in [0.4, 0.5) is 0 Å². The van der Waals surface area contributed by atoms with Crippen LogP contribution in [0.3, 0.4) is 0 Å². The predicted molar refractivity (Wildman–Crippen MR) is 171 cm³/mol. The molecule has 3 aromatic carbocycles. The molecule has 3 aromatic rings. The summed E-state index contributed by atoms with van der Waals surface area (Å²) >= 11 is 0. The number of benzene rings is 3. The molecule has 0 spiro atoms. The molecule has 0 saturated heterocycles. The topological polar surface area (TPSA) is 0 Å². The summed E-state index contributed by atoms with van der Waals surface area (Å²) < 4.78 is 0. The van der Waals surface area contributed by atoms with Crippen molar-refractivity contribution in [2.75, 3.05) is 0 Å². The first kappa shape index (κ1) is 28.9. The molecule has 0 aliphatic carbocycles. The van der Waals surface area contributed by atoms with Gasteiger partial charge in [-0.1, -0.05) is 5.57 Å². The van der Waals surface area contributed by atoms with E-state index in [-0.39, 0.29) is 0 Å². The zero-order valence-electron chi connectivity index (χ0n) is 23.7. The number of allylic oxidation sites excluding steroid dienone is 6. The molecule has 0 heterocycles. The van der Waals surface area contributed by atoms with Crippen molar-refractivity contribution in [3.8, 4) is 0 Å². The maximum atomic E-state index is 2.50. The SMILES string of the molecule is CC(C)=CCC/C(C)=C/CC/C(C)=C/CCC(C)[PH](c1ccccc1)(c1ccccc1)c1ccccc1. The van der Waals surface area contributed by atoms with Crippen molar-refractivity contribution >= 4 is 23.2 Å². The molecule has 1 heteroatoms. The van der Waals surface area contributed by atoms with E-state index < -0.39 is 7.26 Å². The number of hydrogen-bond acceptors (Lipinski definition) is 0. The number of rotatable bonds is 13. The second kappa shape index (κ2) is 14.9. The van der Waals surface area contributed by atoms with Crippen LogP contribution < -0.4 is 15.9 Å². The second-order valence-corrected chi connectivity index (χ2v) is 15.2. The Balaban J connectivity index is 1.77. The fourth-order valence-corrected chi connectivity index (χ4v) is 11.1. The monoisotopic (exact) mass is 510 g/mol. The molecule has 0 amide bonds. The molecule has 0 aromatic heterocycles. The Morgan fingerprint density at radius 3 is 1.35 bits per heavy atom. The molecule has 0 aliphatic heterocycles. The van der Waals surface area contributed by atoms with Gasteiger partial charge in [0, 0.05) is 0 Å². The van der Waals surface area contributed by atoms with Crippen LogP contribution in [-0.2, 0) is 0 Å². The van der Waals surface area contributed by atoms with Crippen molar-refractivity contribution in [1.82, 2.24) is 0 Å². The molecular weight excluding hydrogens is 463 g/mol. The van der Waals surface area contributed by atoms with Gasteiger partial charge in [0.05, 0.1) is 0 Å². The predicted octanol–water partition coefficient (Wildman–Crippen LogP) is 9.30. The molecule has 3 rings (SSSR count). The van der Waals surface area contributed by atoms with Crippen molar-refractivity contribution in [2.24, 2.45) is 0 Å². The summed E-state index contributed by atoms with van der Waals surface area (Å²) in [5, 5.41) is 4.53. The van der Waals surface area contributed by atoms with Gasteiger partial charge in [0.15, 0.2) is 0 Å². The average Bonchev–Trinajstić information content (AvgIpc) is 2.91. The fourth-order valence-electron chi connectivity index (χ4n) is 5.59. The van der Waals surface area contributed by atoms with Crippen LogP contribution in [0.15, 0.2) is 126 Å². The Hall–Kier alpha value is -2.69. The third kappa shape index (κ3) is 8.15. The second-order valence-electron chi connectivity index (χ2n) is 10.8. The standard InChI is InChI=1S/C36H47P/c1-30(2)18-15-19-31(3)20-16-21-32(4)22-17-23-33(5)37(34-24-9-6-10-25-34,35-26-11-7-12-27-35)36-28-13-8-14-29-36/h6-14,18,20,22,24-29,33,37H,15-17,19,21,23H2,1-5H3/b31-20+,32-22+. The third-order valence-corrected chi connectivity index (χ3v) is 13.1. The first-order valence-corrected chi connectivity index (χ1v) is 16.1. The van der Waals surface area contributed by atoms with E-state index in [4.69, 9.17) is 0 Å². The molecule has 0 nitrogen and oxygen atoms in total. The van der Waals surface area contributed by atoms with Gasteiger partial charge in [-0.15, -0.1) is 0 Å². The maximum absolute atomic E-state index is 2.50. The van der Waals surface area contributed by atoms with Gasteiger partial charge in [-0.25, -0.2) is 0 Å². The van der Waals surface area contributed by atoms with Gasteiger partial charge >= 0.3 is 209 Å². The van der Waals surface area contributed by atoms with Crippen LogP contribution in [0.2, 0.25) is 0 Å². The minimum atomic E-state index is -2.20.